The average Bonchev–Trinajstić information content (AvgIpc) is 2.50. The molecule has 0 atom stereocenters. The van der Waals surface area contributed by atoms with Crippen molar-refractivity contribution in [1.82, 2.24) is 20.3 Å². The first-order valence-corrected chi connectivity index (χ1v) is 7.62. The summed E-state index contributed by atoms with van der Waals surface area (Å²) >= 11 is 12.0. The summed E-state index contributed by atoms with van der Waals surface area (Å²) in [5.41, 5.74) is 14.4. The number of aromatic nitrogens is 3. The van der Waals surface area contributed by atoms with E-state index in [0.29, 0.717) is 34.2 Å². The number of nitrogen functional groups attached to an aromatic ring is 2. The maximum absolute atomic E-state index is 6.14. The van der Waals surface area contributed by atoms with Gasteiger partial charge in [-0.1, -0.05) is 29.3 Å². The summed E-state index contributed by atoms with van der Waals surface area (Å²) in [6.45, 7) is 1.15. The molecule has 5 N–H and O–H groups in total. The van der Waals surface area contributed by atoms with E-state index >= 15 is 0 Å². The van der Waals surface area contributed by atoms with Gasteiger partial charge in [-0.3, -0.25) is 0 Å². The molecule has 23 heavy (non-hydrogen) atoms. The van der Waals surface area contributed by atoms with E-state index in [-0.39, 0.29) is 11.8 Å². The molecular formula is C15H14Cl2N6. The zero-order valence-corrected chi connectivity index (χ0v) is 13.6. The number of halogens is 2. The summed E-state index contributed by atoms with van der Waals surface area (Å²) in [6, 6.07) is 9.10. The molecule has 6 nitrogen and oxygen atoms in total. The van der Waals surface area contributed by atoms with Gasteiger partial charge in [-0.25, -0.2) is 9.97 Å². The molecule has 8 heteroatoms. The van der Waals surface area contributed by atoms with E-state index in [0.717, 1.165) is 11.3 Å². The van der Waals surface area contributed by atoms with E-state index in [1.807, 2.05) is 18.2 Å². The summed E-state index contributed by atoms with van der Waals surface area (Å²) in [6.07, 6.45) is 0. The highest BCUT2D eigenvalue weighted by Gasteiger charge is 2.06. The number of rotatable bonds is 4. The van der Waals surface area contributed by atoms with Crippen molar-refractivity contribution in [2.75, 3.05) is 11.5 Å². The Morgan fingerprint density at radius 2 is 1.78 bits per heavy atom. The average molecular weight is 349 g/mol. The third-order valence-corrected chi connectivity index (χ3v) is 3.87. The van der Waals surface area contributed by atoms with Gasteiger partial charge >= 0.3 is 0 Å². The highest BCUT2D eigenvalue weighted by atomic mass is 35.5. The van der Waals surface area contributed by atoms with Crippen molar-refractivity contribution >= 4 is 46.0 Å². The van der Waals surface area contributed by atoms with Crippen molar-refractivity contribution in [2.45, 2.75) is 13.1 Å². The van der Waals surface area contributed by atoms with E-state index in [1.165, 1.54) is 0 Å². The largest absolute Gasteiger partial charge is 0.382 e. The molecule has 2 aromatic heterocycles. The summed E-state index contributed by atoms with van der Waals surface area (Å²) in [5, 5.41) is 4.52. The van der Waals surface area contributed by atoms with Crippen LogP contribution in [0.25, 0.3) is 11.0 Å². The number of nitrogens with two attached hydrogens (primary N) is 2. The van der Waals surface area contributed by atoms with Crippen molar-refractivity contribution < 1.29 is 0 Å². The molecule has 2 heterocycles. The minimum atomic E-state index is 0.139. The molecular weight excluding hydrogens is 335 g/mol. The Hall–Kier alpha value is -2.15. The Labute approximate surface area is 142 Å². The highest BCUT2D eigenvalue weighted by Crippen LogP contribution is 2.21. The lowest BCUT2D eigenvalue weighted by Crippen LogP contribution is -2.14. The number of nitrogens with zero attached hydrogens (tertiary/aromatic N) is 3. The maximum Gasteiger partial charge on any atom is 0.222 e. The van der Waals surface area contributed by atoms with Gasteiger partial charge in [0.15, 0.2) is 5.82 Å². The van der Waals surface area contributed by atoms with E-state index in [2.05, 4.69) is 20.3 Å². The Balaban J connectivity index is 1.72. The molecule has 0 fully saturated rings. The van der Waals surface area contributed by atoms with Gasteiger partial charge in [0.1, 0.15) is 5.52 Å². The topological polar surface area (TPSA) is 103 Å². The molecule has 118 valence electrons. The molecule has 0 spiro atoms. The second-order valence-corrected chi connectivity index (χ2v) is 5.82. The highest BCUT2D eigenvalue weighted by molar-refractivity contribution is 6.35. The van der Waals surface area contributed by atoms with Gasteiger partial charge in [-0.2, -0.15) is 4.98 Å². The molecule has 3 rings (SSSR count). The standard InChI is InChI=1S/C15H14Cl2N6/c16-9-2-1-8(11(17)5-9)6-20-7-10-3-4-12-13(21-10)14(18)23-15(19)22-12/h1-5,20H,6-7H2,(H4,18,19,22,23). The molecule has 0 aliphatic rings. The molecule has 0 bridgehead atoms. The first-order chi connectivity index (χ1) is 11.0. The number of fused-ring (bicyclic) bond motifs is 1. The number of nitrogens with one attached hydrogen (secondary N) is 1. The Morgan fingerprint density at radius 1 is 0.957 bits per heavy atom. The van der Waals surface area contributed by atoms with Gasteiger partial charge in [-0.05, 0) is 29.8 Å². The predicted octanol–water partition coefficient (Wildman–Crippen LogP) is 2.79. The Morgan fingerprint density at radius 3 is 2.57 bits per heavy atom. The van der Waals surface area contributed by atoms with Crippen molar-refractivity contribution in [3.05, 3.63) is 51.6 Å². The van der Waals surface area contributed by atoms with Gasteiger partial charge in [0.25, 0.3) is 0 Å². The summed E-state index contributed by atoms with van der Waals surface area (Å²) < 4.78 is 0. The van der Waals surface area contributed by atoms with Crippen molar-refractivity contribution in [3.8, 4) is 0 Å². The number of benzene rings is 1. The van der Waals surface area contributed by atoms with Gasteiger partial charge < -0.3 is 16.8 Å². The third kappa shape index (κ3) is 3.61. The lowest BCUT2D eigenvalue weighted by atomic mass is 10.2. The molecule has 0 unspecified atom stereocenters. The van der Waals surface area contributed by atoms with Crippen LogP contribution in [0, 0.1) is 0 Å². The van der Waals surface area contributed by atoms with Crippen LogP contribution < -0.4 is 16.8 Å². The van der Waals surface area contributed by atoms with Crippen molar-refractivity contribution in [1.29, 1.82) is 0 Å². The van der Waals surface area contributed by atoms with Gasteiger partial charge in [0.05, 0.1) is 11.2 Å². The molecule has 0 aliphatic carbocycles. The molecule has 1 aromatic carbocycles. The maximum atomic E-state index is 6.14. The minimum Gasteiger partial charge on any atom is -0.382 e. The van der Waals surface area contributed by atoms with Crippen LogP contribution in [-0.4, -0.2) is 15.0 Å². The van der Waals surface area contributed by atoms with Crippen molar-refractivity contribution in [3.63, 3.8) is 0 Å². The van der Waals surface area contributed by atoms with Crippen LogP contribution in [0.1, 0.15) is 11.3 Å². The number of anilines is 2. The third-order valence-electron chi connectivity index (χ3n) is 3.28. The Kier molecular flexibility index (Phi) is 4.47. The fourth-order valence-electron chi connectivity index (χ4n) is 2.18. The fourth-order valence-corrected chi connectivity index (χ4v) is 2.66. The minimum absolute atomic E-state index is 0.139. The zero-order valence-electron chi connectivity index (χ0n) is 12.1. The molecule has 0 radical (unpaired) electrons. The second kappa shape index (κ2) is 6.54. The number of pyridine rings is 1. The fraction of sp³-hybridized carbons (Fsp3) is 0.133. The zero-order chi connectivity index (χ0) is 16.4. The molecule has 3 aromatic rings. The number of hydrogen-bond acceptors (Lipinski definition) is 6. The Bertz CT molecular complexity index is 868. The van der Waals surface area contributed by atoms with Gasteiger partial charge in [0, 0.05) is 23.1 Å². The normalized spacial score (nSPS) is 11.0. The van der Waals surface area contributed by atoms with Crippen molar-refractivity contribution in [2.24, 2.45) is 0 Å². The van der Waals surface area contributed by atoms with E-state index < -0.39 is 0 Å². The van der Waals surface area contributed by atoms with E-state index in [4.69, 9.17) is 34.7 Å². The van der Waals surface area contributed by atoms with Gasteiger partial charge in [-0.15, -0.1) is 0 Å². The SMILES string of the molecule is Nc1nc(N)c2nc(CNCc3ccc(Cl)cc3Cl)ccc2n1. The molecule has 0 saturated heterocycles. The first-order valence-electron chi connectivity index (χ1n) is 6.86. The van der Waals surface area contributed by atoms with E-state index in [9.17, 15) is 0 Å². The number of hydrogen-bond donors (Lipinski definition) is 3. The molecule has 0 saturated carbocycles. The summed E-state index contributed by atoms with van der Waals surface area (Å²) in [4.78, 5) is 12.5. The predicted molar refractivity (Wildman–Crippen MR) is 93.2 cm³/mol. The summed E-state index contributed by atoms with van der Waals surface area (Å²) in [5.74, 6) is 0.412. The van der Waals surface area contributed by atoms with Crippen LogP contribution in [0.2, 0.25) is 10.0 Å². The van der Waals surface area contributed by atoms with Crippen LogP contribution in [0.5, 0.6) is 0 Å². The van der Waals surface area contributed by atoms with Crippen LogP contribution in [0.4, 0.5) is 11.8 Å². The smallest absolute Gasteiger partial charge is 0.222 e. The van der Waals surface area contributed by atoms with Crippen LogP contribution >= 0.6 is 23.2 Å². The summed E-state index contributed by atoms with van der Waals surface area (Å²) in [7, 11) is 0. The first kappa shape index (κ1) is 15.7. The second-order valence-electron chi connectivity index (χ2n) is 4.98. The monoisotopic (exact) mass is 348 g/mol. The molecule has 0 aliphatic heterocycles. The lowest BCUT2D eigenvalue weighted by molar-refractivity contribution is 0.682. The van der Waals surface area contributed by atoms with Crippen LogP contribution in [-0.2, 0) is 13.1 Å². The van der Waals surface area contributed by atoms with Crippen LogP contribution in [0.15, 0.2) is 30.3 Å². The molecule has 0 amide bonds. The quantitative estimate of drug-likeness (QED) is 0.669. The van der Waals surface area contributed by atoms with Gasteiger partial charge in [0.2, 0.25) is 5.95 Å². The lowest BCUT2D eigenvalue weighted by Gasteiger charge is -2.08. The van der Waals surface area contributed by atoms with E-state index in [1.54, 1.807) is 12.1 Å². The van der Waals surface area contributed by atoms with Crippen LogP contribution in [0.3, 0.4) is 0 Å².